The minimum atomic E-state index is 0. The van der Waals surface area contributed by atoms with Crippen LogP contribution >= 0.6 is 51.7 Å². The normalized spacial score (nSPS) is 11.8. The smallest absolute Gasteiger partial charge is 0.191 e. The number of guanidine groups is 1. The van der Waals surface area contributed by atoms with Crippen molar-refractivity contribution in [3.05, 3.63) is 41.4 Å². The first-order valence-corrected chi connectivity index (χ1v) is 10.3. The number of thioether (sulfide) groups is 1. The zero-order chi connectivity index (χ0) is 18.8. The molecule has 0 aliphatic heterocycles. The van der Waals surface area contributed by atoms with E-state index < -0.39 is 0 Å². The molecule has 0 unspecified atom stereocenters. The summed E-state index contributed by atoms with van der Waals surface area (Å²) in [5, 5.41) is 14.4. The molecular formula is C18H28BrIN6S. The lowest BCUT2D eigenvalue weighted by Gasteiger charge is -2.25. The molecular weight excluding hydrogens is 539 g/mol. The van der Waals surface area contributed by atoms with Crippen LogP contribution in [0, 0.1) is 0 Å². The Bertz CT molecular complexity index is 676. The maximum absolute atomic E-state index is 4.31. The lowest BCUT2D eigenvalue weighted by atomic mass is 10.2. The molecule has 2 aromatic rings. The van der Waals surface area contributed by atoms with Gasteiger partial charge in [-0.2, -0.15) is 0 Å². The van der Waals surface area contributed by atoms with E-state index in [1.165, 1.54) is 4.90 Å². The fourth-order valence-electron chi connectivity index (χ4n) is 2.34. The largest absolute Gasteiger partial charge is 0.356 e. The Balaban J connectivity index is 0.00000364. The van der Waals surface area contributed by atoms with E-state index in [0.29, 0.717) is 0 Å². The molecule has 0 aliphatic rings. The summed E-state index contributed by atoms with van der Waals surface area (Å²) < 4.78 is 3.15. The monoisotopic (exact) mass is 566 g/mol. The summed E-state index contributed by atoms with van der Waals surface area (Å²) in [6, 6.07) is 8.43. The van der Waals surface area contributed by atoms with Crippen LogP contribution in [0.25, 0.3) is 0 Å². The second-order valence-corrected chi connectivity index (χ2v) is 9.27. The van der Waals surface area contributed by atoms with Gasteiger partial charge in [-0.25, -0.2) is 0 Å². The molecule has 0 saturated heterocycles. The van der Waals surface area contributed by atoms with Crippen LogP contribution in [-0.4, -0.2) is 45.6 Å². The van der Waals surface area contributed by atoms with Gasteiger partial charge in [-0.15, -0.1) is 45.9 Å². The Morgan fingerprint density at radius 1 is 1.15 bits per heavy atom. The van der Waals surface area contributed by atoms with Gasteiger partial charge >= 0.3 is 0 Å². The van der Waals surface area contributed by atoms with Gasteiger partial charge in [0, 0.05) is 40.8 Å². The molecule has 0 radical (unpaired) electrons. The molecule has 9 heteroatoms. The summed E-state index contributed by atoms with van der Waals surface area (Å²) in [5.41, 5.74) is 0. The number of aliphatic imine (C=N–C) groups is 1. The van der Waals surface area contributed by atoms with Crippen molar-refractivity contribution < 1.29 is 0 Å². The van der Waals surface area contributed by atoms with Crippen molar-refractivity contribution in [2.24, 2.45) is 4.99 Å². The van der Waals surface area contributed by atoms with Crippen molar-refractivity contribution in [1.82, 2.24) is 25.4 Å². The van der Waals surface area contributed by atoms with Gasteiger partial charge in [-0.3, -0.25) is 4.99 Å². The number of rotatable bonds is 9. The second-order valence-electron chi connectivity index (χ2n) is 6.58. The van der Waals surface area contributed by atoms with Crippen LogP contribution < -0.4 is 10.6 Å². The highest BCUT2D eigenvalue weighted by Gasteiger charge is 2.20. The molecule has 0 atom stereocenters. The molecule has 0 fully saturated rings. The molecule has 1 aromatic heterocycles. The SMILES string of the molecule is CN=C(NCCCCn1cnnc1)NCC(C)(C)Sc1ccc(Br)cc1.I. The van der Waals surface area contributed by atoms with Gasteiger partial charge in [0.25, 0.3) is 0 Å². The third-order valence-corrected chi connectivity index (χ3v) is 5.45. The predicted molar refractivity (Wildman–Crippen MR) is 128 cm³/mol. The number of unbranched alkanes of at least 4 members (excludes halogenated alkanes) is 1. The van der Waals surface area contributed by atoms with Gasteiger partial charge in [0.2, 0.25) is 0 Å². The van der Waals surface area contributed by atoms with Crippen LogP contribution in [-0.2, 0) is 6.54 Å². The minimum Gasteiger partial charge on any atom is -0.356 e. The quantitative estimate of drug-likeness (QED) is 0.157. The first-order valence-electron chi connectivity index (χ1n) is 8.70. The molecule has 6 nitrogen and oxygen atoms in total. The standard InChI is InChI=1S/C18H27BrN6S.HI/c1-18(2,26-16-8-6-15(19)7-9-16)12-22-17(20-3)21-10-4-5-11-25-13-23-24-14-25;/h6-9,13-14H,4-5,10-12H2,1-3H3,(H2,20,21,22);1H. The van der Waals surface area contributed by atoms with E-state index in [2.05, 4.69) is 79.9 Å². The maximum Gasteiger partial charge on any atom is 0.191 e. The third-order valence-electron chi connectivity index (χ3n) is 3.72. The Hall–Kier alpha value is -0.810. The van der Waals surface area contributed by atoms with Gasteiger partial charge < -0.3 is 15.2 Å². The number of nitrogens with one attached hydrogen (secondary N) is 2. The number of hydrogen-bond donors (Lipinski definition) is 2. The zero-order valence-electron chi connectivity index (χ0n) is 16.0. The minimum absolute atomic E-state index is 0. The number of hydrogen-bond acceptors (Lipinski definition) is 4. The summed E-state index contributed by atoms with van der Waals surface area (Å²) in [4.78, 5) is 5.57. The molecule has 2 N–H and O–H groups in total. The summed E-state index contributed by atoms with van der Waals surface area (Å²) in [6.45, 7) is 7.13. The number of nitrogens with zero attached hydrogens (tertiary/aromatic N) is 4. The molecule has 0 amide bonds. The van der Waals surface area contributed by atoms with E-state index in [1.54, 1.807) is 19.7 Å². The van der Waals surface area contributed by atoms with Gasteiger partial charge in [-0.05, 0) is 51.0 Å². The highest BCUT2D eigenvalue weighted by Crippen LogP contribution is 2.32. The van der Waals surface area contributed by atoms with E-state index in [-0.39, 0.29) is 28.7 Å². The topological polar surface area (TPSA) is 67.1 Å². The van der Waals surface area contributed by atoms with Crippen molar-refractivity contribution in [3.8, 4) is 0 Å². The van der Waals surface area contributed by atoms with Crippen LogP contribution in [0.3, 0.4) is 0 Å². The molecule has 0 saturated carbocycles. The zero-order valence-corrected chi connectivity index (χ0v) is 20.7. The Labute approximate surface area is 191 Å². The molecule has 0 aliphatic carbocycles. The van der Waals surface area contributed by atoms with Crippen LogP contribution in [0.4, 0.5) is 0 Å². The summed E-state index contributed by atoms with van der Waals surface area (Å²) in [5.74, 6) is 0.846. The number of benzene rings is 1. The number of aromatic nitrogens is 3. The van der Waals surface area contributed by atoms with Gasteiger partial charge in [0.05, 0.1) is 0 Å². The molecule has 27 heavy (non-hydrogen) atoms. The van der Waals surface area contributed by atoms with Crippen LogP contribution in [0.15, 0.2) is 51.3 Å². The second kappa shape index (κ2) is 12.6. The highest BCUT2D eigenvalue weighted by atomic mass is 127. The van der Waals surface area contributed by atoms with Crippen molar-refractivity contribution in [3.63, 3.8) is 0 Å². The van der Waals surface area contributed by atoms with E-state index in [4.69, 9.17) is 0 Å². The fourth-order valence-corrected chi connectivity index (χ4v) is 3.66. The fraction of sp³-hybridized carbons (Fsp3) is 0.500. The van der Waals surface area contributed by atoms with E-state index in [9.17, 15) is 0 Å². The first kappa shape index (κ1) is 24.2. The molecule has 150 valence electrons. The average Bonchev–Trinajstić information content (AvgIpc) is 3.12. The third kappa shape index (κ3) is 9.79. The first-order chi connectivity index (χ1) is 12.5. The van der Waals surface area contributed by atoms with Crippen molar-refractivity contribution in [2.75, 3.05) is 20.1 Å². The lowest BCUT2D eigenvalue weighted by Crippen LogP contribution is -2.43. The van der Waals surface area contributed by atoms with E-state index in [0.717, 1.165) is 42.9 Å². The van der Waals surface area contributed by atoms with Crippen LogP contribution in [0.1, 0.15) is 26.7 Å². The van der Waals surface area contributed by atoms with E-state index in [1.807, 2.05) is 16.3 Å². The van der Waals surface area contributed by atoms with Crippen LogP contribution in [0.2, 0.25) is 0 Å². The Morgan fingerprint density at radius 3 is 2.44 bits per heavy atom. The molecule has 1 heterocycles. The molecule has 2 rings (SSSR count). The number of aryl methyl sites for hydroxylation is 1. The van der Waals surface area contributed by atoms with Gasteiger partial charge in [-0.1, -0.05) is 15.9 Å². The molecule has 0 spiro atoms. The van der Waals surface area contributed by atoms with Crippen molar-refractivity contribution >= 4 is 57.6 Å². The Morgan fingerprint density at radius 2 is 1.81 bits per heavy atom. The highest BCUT2D eigenvalue weighted by molar-refractivity contribution is 14.0. The summed E-state index contributed by atoms with van der Waals surface area (Å²) >= 11 is 5.33. The van der Waals surface area contributed by atoms with Gasteiger partial charge in [0.1, 0.15) is 12.7 Å². The van der Waals surface area contributed by atoms with Crippen LogP contribution in [0.5, 0.6) is 0 Å². The van der Waals surface area contributed by atoms with E-state index >= 15 is 0 Å². The molecule has 1 aromatic carbocycles. The average molecular weight is 567 g/mol. The van der Waals surface area contributed by atoms with Crippen molar-refractivity contribution in [2.45, 2.75) is 42.9 Å². The lowest BCUT2D eigenvalue weighted by molar-refractivity contribution is 0.594. The predicted octanol–water partition coefficient (Wildman–Crippen LogP) is 4.17. The Kier molecular flexibility index (Phi) is 11.3. The molecule has 0 bridgehead atoms. The van der Waals surface area contributed by atoms with Crippen molar-refractivity contribution in [1.29, 1.82) is 0 Å². The summed E-state index contributed by atoms with van der Waals surface area (Å²) in [6.07, 6.45) is 5.64. The number of halogens is 2. The van der Waals surface area contributed by atoms with Gasteiger partial charge in [0.15, 0.2) is 5.96 Å². The maximum atomic E-state index is 4.31. The summed E-state index contributed by atoms with van der Waals surface area (Å²) in [7, 11) is 1.81.